The Morgan fingerprint density at radius 1 is 0.941 bits per heavy atom. The van der Waals surface area contributed by atoms with E-state index in [9.17, 15) is 13.2 Å². The molecule has 10 heteroatoms. The first-order valence-electron chi connectivity index (χ1n) is 10.7. The highest BCUT2D eigenvalue weighted by molar-refractivity contribution is 7.89. The Morgan fingerprint density at radius 3 is 2.00 bits per heavy atom. The minimum Gasteiger partial charge on any atom is -0.497 e. The van der Waals surface area contributed by atoms with Crippen LogP contribution in [0.4, 0.5) is 0 Å². The van der Waals surface area contributed by atoms with Crippen molar-refractivity contribution in [2.24, 2.45) is 0 Å². The topological polar surface area (TPSA) is 103 Å². The number of sulfonamides is 1. The number of methoxy groups -OCH3 is 4. The van der Waals surface area contributed by atoms with Gasteiger partial charge in [-0.25, -0.2) is 8.42 Å². The standard InChI is InChI=1S/C24H30N2O7S/c1-16(25-34(28,29)20-8-6-18(30-2)7-9-20)24(27)26-12-10-17(11-13-26)23-21(32-4)14-19(31-3)15-22(23)33-5/h6-10,14-16,25H,11-13H2,1-5H3/t16-/m0/s1. The molecule has 34 heavy (non-hydrogen) atoms. The number of amides is 1. The number of carbonyl (C=O) groups excluding carboxylic acids is 1. The molecule has 1 atom stereocenters. The van der Waals surface area contributed by atoms with E-state index >= 15 is 0 Å². The minimum atomic E-state index is -3.86. The molecule has 2 aromatic rings. The van der Waals surface area contributed by atoms with Crippen LogP contribution in [-0.2, 0) is 14.8 Å². The maximum Gasteiger partial charge on any atom is 0.241 e. The molecule has 1 N–H and O–H groups in total. The Kier molecular flexibility index (Phi) is 8.06. The van der Waals surface area contributed by atoms with Crippen LogP contribution in [0.5, 0.6) is 23.0 Å². The number of carbonyl (C=O) groups is 1. The quantitative estimate of drug-likeness (QED) is 0.576. The number of hydrogen-bond acceptors (Lipinski definition) is 7. The van der Waals surface area contributed by atoms with E-state index < -0.39 is 16.1 Å². The molecule has 2 aromatic carbocycles. The average molecular weight is 491 g/mol. The SMILES string of the molecule is COc1ccc(S(=O)(=O)N[C@@H](C)C(=O)N2CC=C(c3c(OC)cc(OC)cc3OC)CC2)cc1. The summed E-state index contributed by atoms with van der Waals surface area (Å²) in [5.41, 5.74) is 1.79. The second-order valence-corrected chi connectivity index (χ2v) is 9.40. The van der Waals surface area contributed by atoms with Gasteiger partial charge >= 0.3 is 0 Å². The summed E-state index contributed by atoms with van der Waals surface area (Å²) in [7, 11) is 2.37. The third-order valence-electron chi connectivity index (χ3n) is 5.63. The number of rotatable bonds is 9. The van der Waals surface area contributed by atoms with Gasteiger partial charge in [0.25, 0.3) is 0 Å². The summed E-state index contributed by atoms with van der Waals surface area (Å²) in [6.45, 7) is 2.30. The van der Waals surface area contributed by atoms with Gasteiger partial charge in [-0.15, -0.1) is 0 Å². The van der Waals surface area contributed by atoms with Gasteiger partial charge in [0, 0.05) is 25.2 Å². The molecule has 0 saturated carbocycles. The van der Waals surface area contributed by atoms with Crippen LogP contribution in [0.1, 0.15) is 18.9 Å². The van der Waals surface area contributed by atoms with Crippen LogP contribution in [0.15, 0.2) is 47.4 Å². The summed E-state index contributed by atoms with van der Waals surface area (Å²) in [5, 5.41) is 0. The van der Waals surface area contributed by atoms with Crippen molar-refractivity contribution in [3.8, 4) is 23.0 Å². The number of benzene rings is 2. The van der Waals surface area contributed by atoms with Gasteiger partial charge in [-0.3, -0.25) is 4.79 Å². The molecule has 9 nitrogen and oxygen atoms in total. The zero-order valence-electron chi connectivity index (χ0n) is 20.0. The second kappa shape index (κ2) is 10.8. The monoisotopic (exact) mass is 490 g/mol. The molecular formula is C24H30N2O7S. The highest BCUT2D eigenvalue weighted by Gasteiger charge is 2.28. The largest absolute Gasteiger partial charge is 0.497 e. The minimum absolute atomic E-state index is 0.0625. The highest BCUT2D eigenvalue weighted by Crippen LogP contribution is 2.40. The smallest absolute Gasteiger partial charge is 0.241 e. The lowest BCUT2D eigenvalue weighted by Gasteiger charge is -2.30. The second-order valence-electron chi connectivity index (χ2n) is 7.69. The van der Waals surface area contributed by atoms with E-state index in [0.29, 0.717) is 42.5 Å². The van der Waals surface area contributed by atoms with Crippen molar-refractivity contribution in [3.05, 3.63) is 48.0 Å². The molecule has 0 spiro atoms. The van der Waals surface area contributed by atoms with Crippen molar-refractivity contribution in [2.45, 2.75) is 24.3 Å². The Morgan fingerprint density at radius 2 is 1.53 bits per heavy atom. The van der Waals surface area contributed by atoms with Crippen molar-refractivity contribution >= 4 is 21.5 Å². The first-order chi connectivity index (χ1) is 16.2. The summed E-state index contributed by atoms with van der Waals surface area (Å²) < 4.78 is 49.3. The van der Waals surface area contributed by atoms with Crippen molar-refractivity contribution < 1.29 is 32.2 Å². The molecule has 0 radical (unpaired) electrons. The molecule has 1 aliphatic heterocycles. The molecule has 0 fully saturated rings. The van der Waals surface area contributed by atoms with E-state index in [-0.39, 0.29) is 10.8 Å². The molecule has 0 saturated heterocycles. The Bertz CT molecular complexity index is 1140. The van der Waals surface area contributed by atoms with Gasteiger partial charge in [0.1, 0.15) is 23.0 Å². The van der Waals surface area contributed by atoms with Crippen LogP contribution in [0.2, 0.25) is 0 Å². The van der Waals surface area contributed by atoms with Gasteiger partial charge < -0.3 is 23.8 Å². The van der Waals surface area contributed by atoms with E-state index in [0.717, 1.165) is 11.1 Å². The van der Waals surface area contributed by atoms with Gasteiger partial charge in [-0.2, -0.15) is 4.72 Å². The molecule has 1 amide bonds. The van der Waals surface area contributed by atoms with Crippen molar-refractivity contribution in [3.63, 3.8) is 0 Å². The molecule has 1 heterocycles. The number of nitrogens with zero attached hydrogens (tertiary/aromatic N) is 1. The predicted octanol–water partition coefficient (Wildman–Crippen LogP) is 2.70. The molecule has 0 unspecified atom stereocenters. The Labute approximate surface area is 200 Å². The van der Waals surface area contributed by atoms with Gasteiger partial charge in [0.15, 0.2) is 0 Å². The average Bonchev–Trinajstić information content (AvgIpc) is 2.87. The lowest BCUT2D eigenvalue weighted by Crippen LogP contribution is -2.48. The van der Waals surface area contributed by atoms with E-state index in [1.54, 1.807) is 50.5 Å². The van der Waals surface area contributed by atoms with Crippen molar-refractivity contribution in [1.82, 2.24) is 9.62 Å². The van der Waals surface area contributed by atoms with Gasteiger partial charge in [-0.05, 0) is 43.2 Å². The van der Waals surface area contributed by atoms with E-state index in [2.05, 4.69) is 4.72 Å². The molecule has 0 bridgehead atoms. The number of hydrogen-bond donors (Lipinski definition) is 1. The zero-order chi connectivity index (χ0) is 24.9. The fraction of sp³-hybridized carbons (Fsp3) is 0.375. The van der Waals surface area contributed by atoms with Crippen LogP contribution in [0, 0.1) is 0 Å². The Hall–Kier alpha value is -3.24. The van der Waals surface area contributed by atoms with E-state index in [1.807, 2.05) is 6.08 Å². The van der Waals surface area contributed by atoms with Crippen LogP contribution >= 0.6 is 0 Å². The molecule has 1 aliphatic rings. The number of nitrogens with one attached hydrogen (secondary N) is 1. The Balaban J connectivity index is 1.73. The van der Waals surface area contributed by atoms with E-state index in [4.69, 9.17) is 18.9 Å². The molecule has 3 rings (SSSR count). The zero-order valence-corrected chi connectivity index (χ0v) is 20.8. The number of ether oxygens (including phenoxy) is 4. The lowest BCUT2D eigenvalue weighted by molar-refractivity contribution is -0.132. The predicted molar refractivity (Wildman–Crippen MR) is 128 cm³/mol. The first kappa shape index (κ1) is 25.4. The summed E-state index contributed by atoms with van der Waals surface area (Å²) in [4.78, 5) is 14.6. The van der Waals surface area contributed by atoms with Crippen LogP contribution in [-0.4, -0.2) is 66.8 Å². The molecule has 0 aliphatic carbocycles. The first-order valence-corrected chi connectivity index (χ1v) is 12.2. The van der Waals surface area contributed by atoms with Crippen LogP contribution in [0.3, 0.4) is 0 Å². The van der Waals surface area contributed by atoms with Crippen molar-refractivity contribution in [1.29, 1.82) is 0 Å². The maximum atomic E-state index is 13.0. The summed E-state index contributed by atoms with van der Waals surface area (Å²) >= 11 is 0. The normalized spacial score (nSPS) is 14.7. The van der Waals surface area contributed by atoms with Crippen LogP contribution < -0.4 is 23.7 Å². The maximum absolute atomic E-state index is 13.0. The third-order valence-corrected chi connectivity index (χ3v) is 7.19. The summed E-state index contributed by atoms with van der Waals surface area (Å²) in [6.07, 6.45) is 2.49. The molecular weight excluding hydrogens is 460 g/mol. The van der Waals surface area contributed by atoms with E-state index in [1.165, 1.54) is 26.2 Å². The highest BCUT2D eigenvalue weighted by atomic mass is 32.2. The van der Waals surface area contributed by atoms with Gasteiger partial charge in [0.2, 0.25) is 15.9 Å². The fourth-order valence-corrected chi connectivity index (χ4v) is 5.00. The van der Waals surface area contributed by atoms with Gasteiger partial charge in [-0.1, -0.05) is 6.08 Å². The molecule has 184 valence electrons. The third kappa shape index (κ3) is 5.45. The summed E-state index contributed by atoms with van der Waals surface area (Å²) in [6, 6.07) is 8.62. The lowest BCUT2D eigenvalue weighted by atomic mass is 9.97. The fourth-order valence-electron chi connectivity index (χ4n) is 3.80. The van der Waals surface area contributed by atoms with Crippen LogP contribution in [0.25, 0.3) is 5.57 Å². The van der Waals surface area contributed by atoms with Crippen molar-refractivity contribution in [2.75, 3.05) is 41.5 Å². The summed E-state index contributed by atoms with van der Waals surface area (Å²) in [5.74, 6) is 2.08. The van der Waals surface area contributed by atoms with Gasteiger partial charge in [0.05, 0.1) is 44.9 Å². The molecule has 0 aromatic heterocycles.